The van der Waals surface area contributed by atoms with Crippen LogP contribution >= 0.6 is 0 Å². The largest absolute Gasteiger partial charge is 0.497 e. The van der Waals surface area contributed by atoms with E-state index in [9.17, 15) is 9.59 Å². The smallest absolute Gasteiger partial charge is 0.313 e. The van der Waals surface area contributed by atoms with Crippen LogP contribution in [0.1, 0.15) is 6.42 Å². The van der Waals surface area contributed by atoms with Gasteiger partial charge in [-0.05, 0) is 25.1 Å². The Labute approximate surface area is 147 Å². The van der Waals surface area contributed by atoms with Crippen molar-refractivity contribution in [2.24, 2.45) is 0 Å². The molecule has 2 N–H and O–H groups in total. The van der Waals surface area contributed by atoms with Crippen molar-refractivity contribution in [2.75, 3.05) is 58.9 Å². The van der Waals surface area contributed by atoms with E-state index in [4.69, 9.17) is 14.2 Å². The van der Waals surface area contributed by atoms with Gasteiger partial charge in [-0.15, -0.1) is 0 Å². The van der Waals surface area contributed by atoms with Crippen molar-refractivity contribution >= 4 is 17.5 Å². The van der Waals surface area contributed by atoms with Gasteiger partial charge in [0.15, 0.2) is 0 Å². The van der Waals surface area contributed by atoms with E-state index in [2.05, 4.69) is 15.5 Å². The molecular formula is C17H25N3O5. The number of rotatable bonds is 7. The Morgan fingerprint density at radius 3 is 2.60 bits per heavy atom. The highest BCUT2D eigenvalue weighted by molar-refractivity contribution is 6.39. The first-order valence-corrected chi connectivity index (χ1v) is 8.25. The average molecular weight is 351 g/mol. The number of benzene rings is 1. The number of hydrogen-bond acceptors (Lipinski definition) is 6. The molecule has 2 rings (SSSR count). The van der Waals surface area contributed by atoms with Crippen LogP contribution in [0.5, 0.6) is 11.5 Å². The molecule has 1 aliphatic heterocycles. The molecule has 8 heteroatoms. The molecule has 0 spiro atoms. The SMILES string of the molecule is COc1ccc(OC)c(NC(=O)C(=O)NCCCN2CCOCC2)c1. The second-order valence-electron chi connectivity index (χ2n) is 5.58. The van der Waals surface area contributed by atoms with E-state index in [0.717, 1.165) is 39.3 Å². The van der Waals surface area contributed by atoms with Crippen LogP contribution in [-0.4, -0.2) is 70.3 Å². The average Bonchev–Trinajstić information content (AvgIpc) is 2.65. The zero-order valence-electron chi connectivity index (χ0n) is 14.7. The number of methoxy groups -OCH3 is 2. The second kappa shape index (κ2) is 9.85. The van der Waals surface area contributed by atoms with Crippen LogP contribution < -0.4 is 20.1 Å². The summed E-state index contributed by atoms with van der Waals surface area (Å²) in [7, 11) is 3.01. The van der Waals surface area contributed by atoms with Crippen molar-refractivity contribution in [2.45, 2.75) is 6.42 Å². The molecule has 0 aliphatic carbocycles. The molecule has 2 amide bonds. The topological polar surface area (TPSA) is 89.1 Å². The van der Waals surface area contributed by atoms with Crippen molar-refractivity contribution in [1.82, 2.24) is 10.2 Å². The van der Waals surface area contributed by atoms with E-state index in [0.29, 0.717) is 23.7 Å². The number of nitrogens with zero attached hydrogens (tertiary/aromatic N) is 1. The van der Waals surface area contributed by atoms with Crippen LogP contribution in [0.3, 0.4) is 0 Å². The summed E-state index contributed by atoms with van der Waals surface area (Å²) in [4.78, 5) is 26.2. The maximum Gasteiger partial charge on any atom is 0.313 e. The summed E-state index contributed by atoms with van der Waals surface area (Å²) in [6.45, 7) is 4.62. The molecule has 1 aliphatic rings. The van der Waals surface area contributed by atoms with Gasteiger partial charge in [-0.2, -0.15) is 0 Å². The predicted molar refractivity (Wildman–Crippen MR) is 93.1 cm³/mol. The molecule has 25 heavy (non-hydrogen) atoms. The first-order chi connectivity index (χ1) is 12.1. The molecule has 1 aromatic rings. The van der Waals surface area contributed by atoms with Crippen LogP contribution in [0.4, 0.5) is 5.69 Å². The lowest BCUT2D eigenvalue weighted by atomic mass is 10.2. The Morgan fingerprint density at radius 2 is 1.92 bits per heavy atom. The van der Waals surface area contributed by atoms with Crippen molar-refractivity contribution in [3.05, 3.63) is 18.2 Å². The molecule has 0 radical (unpaired) electrons. The summed E-state index contributed by atoms with van der Waals surface area (Å²) in [5, 5.41) is 5.17. The Balaban J connectivity index is 1.77. The Hall–Kier alpha value is -2.32. The minimum Gasteiger partial charge on any atom is -0.497 e. The molecular weight excluding hydrogens is 326 g/mol. The van der Waals surface area contributed by atoms with Gasteiger partial charge in [0, 0.05) is 25.7 Å². The highest BCUT2D eigenvalue weighted by Gasteiger charge is 2.16. The van der Waals surface area contributed by atoms with Crippen LogP contribution in [-0.2, 0) is 14.3 Å². The lowest BCUT2D eigenvalue weighted by Gasteiger charge is -2.26. The molecule has 1 aromatic carbocycles. The third-order valence-electron chi connectivity index (χ3n) is 3.90. The Morgan fingerprint density at radius 1 is 1.16 bits per heavy atom. The van der Waals surface area contributed by atoms with Crippen molar-refractivity contribution in [3.8, 4) is 11.5 Å². The van der Waals surface area contributed by atoms with Gasteiger partial charge in [-0.1, -0.05) is 0 Å². The van der Waals surface area contributed by atoms with E-state index in [1.54, 1.807) is 18.2 Å². The van der Waals surface area contributed by atoms with Gasteiger partial charge < -0.3 is 24.8 Å². The molecule has 0 unspecified atom stereocenters. The number of anilines is 1. The summed E-state index contributed by atoms with van der Waals surface area (Å²) in [5.74, 6) is -0.402. The van der Waals surface area contributed by atoms with Crippen LogP contribution in [0.15, 0.2) is 18.2 Å². The maximum absolute atomic E-state index is 12.0. The van der Waals surface area contributed by atoms with Crippen molar-refractivity contribution < 1.29 is 23.8 Å². The van der Waals surface area contributed by atoms with E-state index in [1.165, 1.54) is 14.2 Å². The minimum atomic E-state index is -0.738. The van der Waals surface area contributed by atoms with Gasteiger partial charge in [0.25, 0.3) is 0 Å². The van der Waals surface area contributed by atoms with E-state index < -0.39 is 11.8 Å². The van der Waals surface area contributed by atoms with Gasteiger partial charge in [0.2, 0.25) is 0 Å². The van der Waals surface area contributed by atoms with E-state index >= 15 is 0 Å². The van der Waals surface area contributed by atoms with Crippen LogP contribution in [0.2, 0.25) is 0 Å². The number of amides is 2. The highest BCUT2D eigenvalue weighted by atomic mass is 16.5. The normalized spacial score (nSPS) is 14.6. The van der Waals surface area contributed by atoms with E-state index in [1.807, 2.05) is 0 Å². The van der Waals surface area contributed by atoms with Crippen molar-refractivity contribution in [1.29, 1.82) is 0 Å². The fraction of sp³-hybridized carbons (Fsp3) is 0.529. The summed E-state index contributed by atoms with van der Waals surface area (Å²) >= 11 is 0. The molecule has 1 fully saturated rings. The number of nitrogens with one attached hydrogen (secondary N) is 2. The molecule has 1 heterocycles. The third kappa shape index (κ3) is 5.91. The van der Waals surface area contributed by atoms with E-state index in [-0.39, 0.29) is 0 Å². The fourth-order valence-electron chi connectivity index (χ4n) is 2.50. The molecule has 0 atom stereocenters. The first kappa shape index (κ1) is 19.0. The molecule has 0 bridgehead atoms. The molecule has 0 saturated carbocycles. The fourth-order valence-corrected chi connectivity index (χ4v) is 2.50. The summed E-state index contributed by atoms with van der Waals surface area (Å²) < 4.78 is 15.6. The molecule has 1 saturated heterocycles. The Kier molecular flexibility index (Phi) is 7.49. The summed E-state index contributed by atoms with van der Waals surface area (Å²) in [6.07, 6.45) is 0.779. The maximum atomic E-state index is 12.0. The molecule has 138 valence electrons. The lowest BCUT2D eigenvalue weighted by molar-refractivity contribution is -0.136. The van der Waals surface area contributed by atoms with Gasteiger partial charge >= 0.3 is 11.8 Å². The highest BCUT2D eigenvalue weighted by Crippen LogP contribution is 2.28. The van der Waals surface area contributed by atoms with Gasteiger partial charge in [0.05, 0.1) is 33.1 Å². The summed E-state index contributed by atoms with van der Waals surface area (Å²) in [6, 6.07) is 4.97. The minimum absolute atomic E-state index is 0.385. The van der Waals surface area contributed by atoms with Crippen LogP contribution in [0, 0.1) is 0 Å². The number of carbonyl (C=O) groups is 2. The van der Waals surface area contributed by atoms with Crippen molar-refractivity contribution in [3.63, 3.8) is 0 Å². The zero-order chi connectivity index (χ0) is 18.1. The first-order valence-electron chi connectivity index (χ1n) is 8.25. The number of carbonyl (C=O) groups excluding carboxylic acids is 2. The molecule has 8 nitrogen and oxygen atoms in total. The second-order valence-corrected chi connectivity index (χ2v) is 5.58. The predicted octanol–water partition coefficient (Wildman–Crippen LogP) is 0.481. The van der Waals surface area contributed by atoms with Gasteiger partial charge in [-0.3, -0.25) is 14.5 Å². The summed E-state index contributed by atoms with van der Waals surface area (Å²) in [5.41, 5.74) is 0.385. The number of hydrogen-bond donors (Lipinski definition) is 2. The third-order valence-corrected chi connectivity index (χ3v) is 3.90. The monoisotopic (exact) mass is 351 g/mol. The quantitative estimate of drug-likeness (QED) is 0.549. The van der Waals surface area contributed by atoms with Gasteiger partial charge in [0.1, 0.15) is 11.5 Å². The molecule has 0 aromatic heterocycles. The lowest BCUT2D eigenvalue weighted by Crippen LogP contribution is -2.39. The standard InChI is InChI=1S/C17H25N3O5/c1-23-13-4-5-15(24-2)14(12-13)19-17(22)16(21)18-6-3-7-20-8-10-25-11-9-20/h4-5,12H,3,6-11H2,1-2H3,(H,18,21)(H,19,22). The Bertz CT molecular complexity index is 588. The van der Waals surface area contributed by atoms with Crippen LogP contribution in [0.25, 0.3) is 0 Å². The zero-order valence-corrected chi connectivity index (χ0v) is 14.7. The van der Waals surface area contributed by atoms with Gasteiger partial charge in [-0.25, -0.2) is 0 Å². The number of ether oxygens (including phenoxy) is 3. The number of morpholine rings is 1.